The standard InChI is InChI=1S/C9H17N3/c1-3-5-6-12(4-2)9-7-10-11-8-9/h7-8H,3-6H2,1-2H3,(H,10,11). The molecular weight excluding hydrogens is 150 g/mol. The van der Waals surface area contributed by atoms with E-state index in [-0.39, 0.29) is 0 Å². The van der Waals surface area contributed by atoms with Gasteiger partial charge in [0.2, 0.25) is 0 Å². The third kappa shape index (κ3) is 2.26. The van der Waals surface area contributed by atoms with Crippen molar-refractivity contribution in [3.8, 4) is 0 Å². The van der Waals surface area contributed by atoms with Crippen molar-refractivity contribution in [1.29, 1.82) is 0 Å². The predicted octanol–water partition coefficient (Wildman–Crippen LogP) is 2.04. The molecule has 0 aliphatic heterocycles. The summed E-state index contributed by atoms with van der Waals surface area (Å²) in [5, 5.41) is 6.76. The lowest BCUT2D eigenvalue weighted by atomic mass is 10.3. The minimum Gasteiger partial charge on any atom is -0.369 e. The quantitative estimate of drug-likeness (QED) is 0.727. The Bertz CT molecular complexity index is 194. The number of unbranched alkanes of at least 4 members (excludes halogenated alkanes) is 1. The van der Waals surface area contributed by atoms with E-state index in [0.29, 0.717) is 0 Å². The molecular formula is C9H17N3. The lowest BCUT2D eigenvalue weighted by Crippen LogP contribution is -2.23. The Labute approximate surface area is 73.8 Å². The van der Waals surface area contributed by atoms with E-state index in [1.165, 1.54) is 18.5 Å². The first kappa shape index (κ1) is 9.10. The Morgan fingerprint density at radius 1 is 1.50 bits per heavy atom. The third-order valence-electron chi connectivity index (χ3n) is 2.01. The number of nitrogens with one attached hydrogen (secondary N) is 1. The van der Waals surface area contributed by atoms with E-state index in [1.54, 1.807) is 0 Å². The Hall–Kier alpha value is -0.990. The molecule has 0 aliphatic carbocycles. The molecule has 1 aromatic heterocycles. The molecule has 0 atom stereocenters. The zero-order valence-corrected chi connectivity index (χ0v) is 7.88. The molecule has 0 aliphatic rings. The first-order valence-corrected chi connectivity index (χ1v) is 4.62. The largest absolute Gasteiger partial charge is 0.369 e. The Balaban J connectivity index is 2.45. The monoisotopic (exact) mass is 167 g/mol. The fourth-order valence-electron chi connectivity index (χ4n) is 1.24. The van der Waals surface area contributed by atoms with Crippen LogP contribution in [-0.4, -0.2) is 23.3 Å². The minimum atomic E-state index is 1.06. The van der Waals surface area contributed by atoms with E-state index >= 15 is 0 Å². The van der Waals surface area contributed by atoms with Gasteiger partial charge in [0.15, 0.2) is 0 Å². The first-order valence-electron chi connectivity index (χ1n) is 4.62. The topological polar surface area (TPSA) is 31.9 Å². The summed E-state index contributed by atoms with van der Waals surface area (Å²) in [6, 6.07) is 0. The molecule has 0 unspecified atom stereocenters. The molecule has 3 nitrogen and oxygen atoms in total. The minimum absolute atomic E-state index is 1.06. The molecule has 0 amide bonds. The summed E-state index contributed by atoms with van der Waals surface area (Å²) >= 11 is 0. The third-order valence-corrected chi connectivity index (χ3v) is 2.01. The van der Waals surface area contributed by atoms with Crippen LogP contribution in [0.25, 0.3) is 0 Å². The summed E-state index contributed by atoms with van der Waals surface area (Å²) in [6.07, 6.45) is 6.31. The highest BCUT2D eigenvalue weighted by atomic mass is 15.2. The molecule has 0 radical (unpaired) electrons. The van der Waals surface area contributed by atoms with Gasteiger partial charge in [-0.2, -0.15) is 5.10 Å². The number of hydrogen-bond acceptors (Lipinski definition) is 2. The zero-order chi connectivity index (χ0) is 8.81. The highest BCUT2D eigenvalue weighted by molar-refractivity contribution is 5.41. The van der Waals surface area contributed by atoms with Crippen molar-refractivity contribution in [3.63, 3.8) is 0 Å². The van der Waals surface area contributed by atoms with Crippen LogP contribution in [0.2, 0.25) is 0 Å². The van der Waals surface area contributed by atoms with Gasteiger partial charge in [-0.25, -0.2) is 0 Å². The molecule has 3 heteroatoms. The van der Waals surface area contributed by atoms with Gasteiger partial charge in [-0.15, -0.1) is 0 Å². The molecule has 0 saturated carbocycles. The van der Waals surface area contributed by atoms with Crippen molar-refractivity contribution in [2.75, 3.05) is 18.0 Å². The van der Waals surface area contributed by atoms with E-state index in [2.05, 4.69) is 28.9 Å². The number of anilines is 1. The van der Waals surface area contributed by atoms with Gasteiger partial charge < -0.3 is 4.90 Å². The highest BCUT2D eigenvalue weighted by Crippen LogP contribution is 2.10. The molecule has 0 spiro atoms. The molecule has 0 saturated heterocycles. The van der Waals surface area contributed by atoms with Crippen LogP contribution in [0.1, 0.15) is 26.7 Å². The zero-order valence-electron chi connectivity index (χ0n) is 7.88. The van der Waals surface area contributed by atoms with Crippen LogP contribution in [0.15, 0.2) is 12.4 Å². The van der Waals surface area contributed by atoms with Crippen LogP contribution in [0.3, 0.4) is 0 Å². The van der Waals surface area contributed by atoms with E-state index in [1.807, 2.05) is 12.4 Å². The number of H-pyrrole nitrogens is 1. The summed E-state index contributed by atoms with van der Waals surface area (Å²) in [4.78, 5) is 2.33. The van der Waals surface area contributed by atoms with Crippen molar-refractivity contribution >= 4 is 5.69 Å². The van der Waals surface area contributed by atoms with E-state index in [0.717, 1.165) is 13.1 Å². The summed E-state index contributed by atoms with van der Waals surface area (Å²) < 4.78 is 0. The molecule has 1 aromatic rings. The number of rotatable bonds is 5. The Morgan fingerprint density at radius 2 is 2.33 bits per heavy atom. The fourth-order valence-corrected chi connectivity index (χ4v) is 1.24. The second kappa shape index (κ2) is 4.80. The highest BCUT2D eigenvalue weighted by Gasteiger charge is 2.02. The molecule has 0 fully saturated rings. The molecule has 0 aromatic carbocycles. The van der Waals surface area contributed by atoms with Crippen LogP contribution in [0, 0.1) is 0 Å². The molecule has 12 heavy (non-hydrogen) atoms. The van der Waals surface area contributed by atoms with Gasteiger partial charge >= 0.3 is 0 Å². The van der Waals surface area contributed by atoms with E-state index < -0.39 is 0 Å². The lowest BCUT2D eigenvalue weighted by Gasteiger charge is -2.20. The summed E-state index contributed by atoms with van der Waals surface area (Å²) in [6.45, 7) is 6.57. The van der Waals surface area contributed by atoms with Crippen molar-refractivity contribution < 1.29 is 0 Å². The number of aromatic amines is 1. The second-order valence-corrected chi connectivity index (χ2v) is 2.89. The van der Waals surface area contributed by atoms with Gasteiger partial charge in [-0.05, 0) is 13.3 Å². The van der Waals surface area contributed by atoms with Gasteiger partial charge in [-0.1, -0.05) is 13.3 Å². The number of nitrogens with zero attached hydrogens (tertiary/aromatic N) is 2. The maximum atomic E-state index is 3.93. The Morgan fingerprint density at radius 3 is 2.83 bits per heavy atom. The van der Waals surface area contributed by atoms with Crippen LogP contribution >= 0.6 is 0 Å². The average Bonchev–Trinajstić information content (AvgIpc) is 2.59. The first-order chi connectivity index (χ1) is 5.88. The van der Waals surface area contributed by atoms with Crippen LogP contribution in [0.4, 0.5) is 5.69 Å². The van der Waals surface area contributed by atoms with Gasteiger partial charge in [0.05, 0.1) is 11.9 Å². The normalized spacial score (nSPS) is 10.2. The van der Waals surface area contributed by atoms with Crippen molar-refractivity contribution in [2.45, 2.75) is 26.7 Å². The van der Waals surface area contributed by atoms with Crippen molar-refractivity contribution in [1.82, 2.24) is 10.2 Å². The molecule has 1 N–H and O–H groups in total. The predicted molar refractivity (Wildman–Crippen MR) is 51.4 cm³/mol. The maximum absolute atomic E-state index is 3.93. The average molecular weight is 167 g/mol. The van der Waals surface area contributed by atoms with Crippen LogP contribution in [0.5, 0.6) is 0 Å². The summed E-state index contributed by atoms with van der Waals surface area (Å²) in [7, 11) is 0. The van der Waals surface area contributed by atoms with Gasteiger partial charge in [0, 0.05) is 19.3 Å². The molecule has 1 rings (SSSR count). The summed E-state index contributed by atoms with van der Waals surface area (Å²) in [5.74, 6) is 0. The van der Waals surface area contributed by atoms with E-state index in [4.69, 9.17) is 0 Å². The molecule has 0 bridgehead atoms. The van der Waals surface area contributed by atoms with Gasteiger partial charge in [0.1, 0.15) is 0 Å². The van der Waals surface area contributed by atoms with Crippen LogP contribution < -0.4 is 4.90 Å². The molecule has 68 valence electrons. The summed E-state index contributed by atoms with van der Waals surface area (Å²) in [5.41, 5.74) is 1.20. The van der Waals surface area contributed by atoms with Gasteiger partial charge in [0.25, 0.3) is 0 Å². The van der Waals surface area contributed by atoms with Gasteiger partial charge in [-0.3, -0.25) is 5.10 Å². The fraction of sp³-hybridized carbons (Fsp3) is 0.667. The molecule has 1 heterocycles. The maximum Gasteiger partial charge on any atom is 0.0749 e. The lowest BCUT2D eigenvalue weighted by molar-refractivity contribution is 0.732. The number of hydrogen-bond donors (Lipinski definition) is 1. The van der Waals surface area contributed by atoms with Crippen molar-refractivity contribution in [3.05, 3.63) is 12.4 Å². The Kier molecular flexibility index (Phi) is 3.64. The number of aromatic nitrogens is 2. The van der Waals surface area contributed by atoms with Crippen LogP contribution in [-0.2, 0) is 0 Å². The van der Waals surface area contributed by atoms with Crippen molar-refractivity contribution in [2.24, 2.45) is 0 Å². The second-order valence-electron chi connectivity index (χ2n) is 2.89. The smallest absolute Gasteiger partial charge is 0.0749 e. The SMILES string of the molecule is CCCCN(CC)c1cn[nH]c1. The van der Waals surface area contributed by atoms with E-state index in [9.17, 15) is 0 Å².